The predicted molar refractivity (Wildman–Crippen MR) is 141 cm³/mol. The summed E-state index contributed by atoms with van der Waals surface area (Å²) in [6.07, 6.45) is 5.38. The number of benzene rings is 2. The number of esters is 1. The summed E-state index contributed by atoms with van der Waals surface area (Å²) in [5.74, 6) is -0.901. The zero-order valence-corrected chi connectivity index (χ0v) is 21.2. The number of nitrogens with zero attached hydrogens (tertiary/aromatic N) is 2. The summed E-state index contributed by atoms with van der Waals surface area (Å²) in [5.41, 5.74) is 1.65. The summed E-state index contributed by atoms with van der Waals surface area (Å²) in [5, 5.41) is 3.25. The van der Waals surface area contributed by atoms with E-state index in [2.05, 4.69) is 12.2 Å². The third-order valence-corrected chi connectivity index (χ3v) is 6.31. The van der Waals surface area contributed by atoms with Gasteiger partial charge in [0.25, 0.3) is 5.91 Å². The molecule has 3 rings (SSSR count). The molecular weight excluding hydrogens is 462 g/mol. The van der Waals surface area contributed by atoms with Crippen LogP contribution in [0, 0.1) is 0 Å². The lowest BCUT2D eigenvalue weighted by Gasteiger charge is -2.24. The number of carbonyl (C=O) groups is 3. The number of nitrogens with one attached hydrogen (secondary N) is 1. The molecule has 0 aromatic heterocycles. The number of hydrogen-bond acceptors (Lipinski definition) is 5. The van der Waals surface area contributed by atoms with Crippen molar-refractivity contribution in [1.29, 1.82) is 0 Å². The van der Waals surface area contributed by atoms with Gasteiger partial charge in [0, 0.05) is 12.2 Å². The smallest absolute Gasteiger partial charge is 0.338 e. The molecule has 0 saturated carbocycles. The van der Waals surface area contributed by atoms with Crippen LogP contribution in [0.3, 0.4) is 0 Å². The van der Waals surface area contributed by atoms with Crippen molar-refractivity contribution in [3.8, 4) is 0 Å². The number of anilines is 2. The van der Waals surface area contributed by atoms with Crippen LogP contribution in [0.25, 0.3) is 0 Å². The van der Waals surface area contributed by atoms with Crippen LogP contribution in [0.4, 0.5) is 11.4 Å². The summed E-state index contributed by atoms with van der Waals surface area (Å²) in [6, 6.07) is 15.1. The van der Waals surface area contributed by atoms with Gasteiger partial charge < -0.3 is 15.0 Å². The lowest BCUT2D eigenvalue weighted by Crippen LogP contribution is -2.38. The van der Waals surface area contributed by atoms with Gasteiger partial charge in [-0.3, -0.25) is 14.5 Å². The molecule has 35 heavy (non-hydrogen) atoms. The molecule has 7 nitrogen and oxygen atoms in total. The zero-order valence-electron chi connectivity index (χ0n) is 20.4. The van der Waals surface area contributed by atoms with Crippen LogP contribution < -0.4 is 10.2 Å². The van der Waals surface area contributed by atoms with Gasteiger partial charge in [0.1, 0.15) is 6.04 Å². The molecule has 1 unspecified atom stereocenters. The first kappa shape index (κ1) is 26.3. The lowest BCUT2D eigenvalue weighted by molar-refractivity contribution is -0.124. The molecule has 1 atom stereocenters. The first-order valence-corrected chi connectivity index (χ1v) is 12.6. The Hall–Kier alpha value is -3.26. The van der Waals surface area contributed by atoms with Gasteiger partial charge >= 0.3 is 5.97 Å². The molecule has 0 radical (unpaired) electrons. The van der Waals surface area contributed by atoms with Gasteiger partial charge in [-0.15, -0.1) is 0 Å². The molecule has 2 amide bonds. The van der Waals surface area contributed by atoms with Gasteiger partial charge in [-0.25, -0.2) is 4.79 Å². The van der Waals surface area contributed by atoms with Crippen LogP contribution in [0.15, 0.2) is 54.6 Å². The number of hydrogen-bond donors (Lipinski definition) is 1. The highest BCUT2D eigenvalue weighted by atomic mass is 32.1. The molecular formula is C27H33N3O4S. The highest BCUT2D eigenvalue weighted by molar-refractivity contribution is 7.80. The Kier molecular flexibility index (Phi) is 9.78. The van der Waals surface area contributed by atoms with Crippen LogP contribution in [0.1, 0.15) is 62.7 Å². The number of amides is 2. The minimum absolute atomic E-state index is 0.000235. The summed E-state index contributed by atoms with van der Waals surface area (Å²) in [7, 11) is 0. The van der Waals surface area contributed by atoms with Gasteiger partial charge in [0.05, 0.1) is 24.3 Å². The van der Waals surface area contributed by atoms with E-state index in [4.69, 9.17) is 17.0 Å². The van der Waals surface area contributed by atoms with Crippen LogP contribution in [0.2, 0.25) is 0 Å². The van der Waals surface area contributed by atoms with E-state index in [0.29, 0.717) is 28.6 Å². The van der Waals surface area contributed by atoms with E-state index >= 15 is 0 Å². The molecule has 1 saturated heterocycles. The minimum Gasteiger partial charge on any atom is -0.462 e. The standard InChI is InChI=1S/C27H33N3O4S/c1-3-5-6-7-11-18-29-23(19-24(31)28-21-12-9-8-10-13-21)25(32)30(27(29)35)22-16-14-20(15-17-22)26(33)34-4-2/h8-10,12-17,23H,3-7,11,18-19H2,1-2H3,(H,28,31). The van der Waals surface area contributed by atoms with Crippen LogP contribution in [-0.4, -0.2) is 47.0 Å². The van der Waals surface area contributed by atoms with Crippen LogP contribution >= 0.6 is 12.2 Å². The van der Waals surface area contributed by atoms with Crippen molar-refractivity contribution >= 4 is 46.5 Å². The second-order valence-electron chi connectivity index (χ2n) is 8.47. The largest absolute Gasteiger partial charge is 0.462 e. The number of ether oxygens (including phenoxy) is 1. The third-order valence-electron chi connectivity index (χ3n) is 5.89. The number of carbonyl (C=O) groups excluding carboxylic acids is 3. The Labute approximate surface area is 212 Å². The predicted octanol–water partition coefficient (Wildman–Crippen LogP) is 5.16. The Balaban J connectivity index is 1.76. The van der Waals surface area contributed by atoms with E-state index < -0.39 is 12.0 Å². The summed E-state index contributed by atoms with van der Waals surface area (Å²) in [6.45, 7) is 4.81. The molecule has 1 fully saturated rings. The molecule has 1 aliphatic rings. The topological polar surface area (TPSA) is 79.0 Å². The maximum Gasteiger partial charge on any atom is 0.338 e. The number of rotatable bonds is 12. The molecule has 0 aliphatic carbocycles. The van der Waals surface area contributed by atoms with E-state index in [1.807, 2.05) is 35.2 Å². The average Bonchev–Trinajstić information content (AvgIpc) is 3.08. The van der Waals surface area contributed by atoms with Crippen molar-refractivity contribution in [2.45, 2.75) is 58.4 Å². The molecule has 0 bridgehead atoms. The summed E-state index contributed by atoms with van der Waals surface area (Å²) < 4.78 is 5.04. The highest BCUT2D eigenvalue weighted by Crippen LogP contribution is 2.28. The van der Waals surface area contributed by atoms with E-state index in [9.17, 15) is 14.4 Å². The van der Waals surface area contributed by atoms with Crippen molar-refractivity contribution in [3.63, 3.8) is 0 Å². The van der Waals surface area contributed by atoms with Crippen LogP contribution in [0.5, 0.6) is 0 Å². The summed E-state index contributed by atoms with van der Waals surface area (Å²) in [4.78, 5) is 41.6. The Bertz CT molecular complexity index is 1030. The average molecular weight is 496 g/mol. The Morgan fingerprint density at radius 1 is 0.971 bits per heavy atom. The second kappa shape index (κ2) is 13.0. The highest BCUT2D eigenvalue weighted by Gasteiger charge is 2.43. The first-order chi connectivity index (χ1) is 17.0. The first-order valence-electron chi connectivity index (χ1n) is 12.2. The van der Waals surface area contributed by atoms with E-state index in [0.717, 1.165) is 25.7 Å². The fourth-order valence-electron chi connectivity index (χ4n) is 4.08. The number of unbranched alkanes of at least 4 members (excludes halogenated alkanes) is 4. The van der Waals surface area contributed by atoms with Crippen LogP contribution in [-0.2, 0) is 14.3 Å². The fourth-order valence-corrected chi connectivity index (χ4v) is 4.49. The molecule has 1 N–H and O–H groups in total. The summed E-state index contributed by atoms with van der Waals surface area (Å²) >= 11 is 5.72. The SMILES string of the molecule is CCCCCCCN1C(=S)N(c2ccc(C(=O)OCC)cc2)C(=O)C1CC(=O)Nc1ccccc1. The van der Waals surface area contributed by atoms with Crippen molar-refractivity contribution in [1.82, 2.24) is 4.90 Å². The molecule has 1 aliphatic heterocycles. The number of para-hydroxylation sites is 1. The monoisotopic (exact) mass is 495 g/mol. The molecule has 1 heterocycles. The normalized spacial score (nSPS) is 15.4. The Morgan fingerprint density at radius 2 is 1.66 bits per heavy atom. The fraction of sp³-hybridized carbons (Fsp3) is 0.407. The Morgan fingerprint density at radius 3 is 2.31 bits per heavy atom. The lowest BCUT2D eigenvalue weighted by atomic mass is 10.1. The molecule has 2 aromatic rings. The van der Waals surface area contributed by atoms with E-state index in [1.165, 1.54) is 11.3 Å². The van der Waals surface area contributed by atoms with Crippen molar-refractivity contribution in [3.05, 3.63) is 60.2 Å². The zero-order chi connectivity index (χ0) is 25.2. The third kappa shape index (κ3) is 6.88. The van der Waals surface area contributed by atoms with Crippen molar-refractivity contribution in [2.75, 3.05) is 23.4 Å². The van der Waals surface area contributed by atoms with Gasteiger partial charge in [-0.1, -0.05) is 50.8 Å². The van der Waals surface area contributed by atoms with Gasteiger partial charge in [-0.2, -0.15) is 0 Å². The van der Waals surface area contributed by atoms with Gasteiger partial charge in [-0.05, 0) is 62.0 Å². The van der Waals surface area contributed by atoms with Crippen molar-refractivity contribution in [2.24, 2.45) is 0 Å². The van der Waals surface area contributed by atoms with E-state index in [-0.39, 0.29) is 24.8 Å². The quantitative estimate of drug-likeness (QED) is 0.249. The van der Waals surface area contributed by atoms with E-state index in [1.54, 1.807) is 31.2 Å². The number of thiocarbonyl (C=S) groups is 1. The second-order valence-corrected chi connectivity index (χ2v) is 8.83. The van der Waals surface area contributed by atoms with Gasteiger partial charge in [0.15, 0.2) is 5.11 Å². The maximum absolute atomic E-state index is 13.5. The molecule has 8 heteroatoms. The van der Waals surface area contributed by atoms with Crippen molar-refractivity contribution < 1.29 is 19.1 Å². The van der Waals surface area contributed by atoms with Gasteiger partial charge in [0.2, 0.25) is 5.91 Å². The molecule has 186 valence electrons. The minimum atomic E-state index is -0.679. The molecule has 2 aromatic carbocycles. The molecule has 0 spiro atoms. The maximum atomic E-state index is 13.5.